The van der Waals surface area contributed by atoms with Gasteiger partial charge < -0.3 is 10.0 Å². The molecule has 0 aliphatic heterocycles. The Bertz CT molecular complexity index is 738. The highest BCUT2D eigenvalue weighted by Crippen LogP contribution is 2.17. The number of aliphatic carboxylic acids is 1. The van der Waals surface area contributed by atoms with E-state index >= 15 is 0 Å². The zero-order valence-electron chi connectivity index (χ0n) is 13.9. The van der Waals surface area contributed by atoms with Gasteiger partial charge in [0.05, 0.1) is 11.8 Å². The van der Waals surface area contributed by atoms with Crippen LogP contribution >= 0.6 is 11.6 Å². The Morgan fingerprint density at radius 2 is 1.92 bits per heavy atom. The molecule has 1 aromatic carbocycles. The SMILES string of the molecule is Cc1c(C(=O)N(CC(=O)O)Cc2ccc(Cl)cc2)cnn1C(C)C. The minimum absolute atomic E-state index is 0.121. The number of hydrogen-bond donors (Lipinski definition) is 1. The molecule has 0 aliphatic carbocycles. The summed E-state index contributed by atoms with van der Waals surface area (Å²) in [4.78, 5) is 25.2. The van der Waals surface area contributed by atoms with Gasteiger partial charge in [-0.25, -0.2) is 0 Å². The van der Waals surface area contributed by atoms with Gasteiger partial charge in [-0.15, -0.1) is 0 Å². The van der Waals surface area contributed by atoms with Crippen molar-refractivity contribution in [1.82, 2.24) is 14.7 Å². The number of carbonyl (C=O) groups is 2. The summed E-state index contributed by atoms with van der Waals surface area (Å²) in [6, 6.07) is 7.09. The van der Waals surface area contributed by atoms with E-state index in [1.54, 1.807) is 28.9 Å². The lowest BCUT2D eigenvalue weighted by Gasteiger charge is -2.21. The molecule has 24 heavy (non-hydrogen) atoms. The molecule has 0 saturated heterocycles. The summed E-state index contributed by atoms with van der Waals surface area (Å²) in [7, 11) is 0. The monoisotopic (exact) mass is 349 g/mol. The van der Waals surface area contributed by atoms with E-state index < -0.39 is 5.97 Å². The Morgan fingerprint density at radius 3 is 2.42 bits per heavy atom. The second-order valence-electron chi connectivity index (χ2n) is 5.86. The van der Waals surface area contributed by atoms with Crippen molar-refractivity contribution in [2.24, 2.45) is 0 Å². The molecule has 1 amide bonds. The first-order valence-electron chi connectivity index (χ1n) is 7.59. The molecule has 2 rings (SSSR count). The fourth-order valence-corrected chi connectivity index (χ4v) is 2.62. The first-order chi connectivity index (χ1) is 11.3. The smallest absolute Gasteiger partial charge is 0.323 e. The Morgan fingerprint density at radius 1 is 1.29 bits per heavy atom. The normalized spacial score (nSPS) is 10.9. The average molecular weight is 350 g/mol. The van der Waals surface area contributed by atoms with E-state index in [0.717, 1.165) is 11.3 Å². The number of benzene rings is 1. The van der Waals surface area contributed by atoms with Gasteiger partial charge in [0.1, 0.15) is 6.54 Å². The van der Waals surface area contributed by atoms with Gasteiger partial charge in [0, 0.05) is 23.3 Å². The molecule has 0 bridgehead atoms. The number of aromatic nitrogens is 2. The third-order valence-electron chi connectivity index (χ3n) is 3.66. The summed E-state index contributed by atoms with van der Waals surface area (Å²) >= 11 is 5.86. The quantitative estimate of drug-likeness (QED) is 0.869. The first-order valence-corrected chi connectivity index (χ1v) is 7.97. The highest BCUT2D eigenvalue weighted by Gasteiger charge is 2.23. The number of hydrogen-bond acceptors (Lipinski definition) is 3. The summed E-state index contributed by atoms with van der Waals surface area (Å²) in [5.41, 5.74) is 1.95. The molecule has 0 fully saturated rings. The van der Waals surface area contributed by atoms with Crippen LogP contribution in [0.5, 0.6) is 0 Å². The second-order valence-corrected chi connectivity index (χ2v) is 6.30. The number of carboxylic acid groups (broad SMARTS) is 1. The van der Waals surface area contributed by atoms with Gasteiger partial charge in [0.2, 0.25) is 0 Å². The van der Waals surface area contributed by atoms with Gasteiger partial charge >= 0.3 is 5.97 Å². The highest BCUT2D eigenvalue weighted by atomic mass is 35.5. The van der Waals surface area contributed by atoms with E-state index in [0.29, 0.717) is 10.6 Å². The zero-order chi connectivity index (χ0) is 17.9. The van der Waals surface area contributed by atoms with E-state index in [9.17, 15) is 9.59 Å². The van der Waals surface area contributed by atoms with Crippen molar-refractivity contribution in [3.8, 4) is 0 Å². The van der Waals surface area contributed by atoms with Crippen molar-refractivity contribution < 1.29 is 14.7 Å². The number of halogens is 1. The Balaban J connectivity index is 2.28. The molecule has 1 aromatic heterocycles. The molecule has 7 heteroatoms. The fraction of sp³-hybridized carbons (Fsp3) is 0.353. The molecule has 0 saturated carbocycles. The summed E-state index contributed by atoms with van der Waals surface area (Å²) < 4.78 is 1.74. The number of nitrogens with zero attached hydrogens (tertiary/aromatic N) is 3. The Kier molecular flexibility index (Phi) is 5.62. The molecule has 0 spiro atoms. The van der Waals surface area contributed by atoms with E-state index in [2.05, 4.69) is 5.10 Å². The van der Waals surface area contributed by atoms with Crippen LogP contribution in [0.25, 0.3) is 0 Å². The van der Waals surface area contributed by atoms with Crippen LogP contribution in [0.1, 0.15) is 41.5 Å². The van der Waals surface area contributed by atoms with Crippen molar-refractivity contribution in [1.29, 1.82) is 0 Å². The van der Waals surface area contributed by atoms with Crippen LogP contribution in [0, 0.1) is 6.92 Å². The van der Waals surface area contributed by atoms with Gasteiger partial charge in [-0.3, -0.25) is 14.3 Å². The summed E-state index contributed by atoms with van der Waals surface area (Å²) in [6.45, 7) is 5.55. The van der Waals surface area contributed by atoms with Crippen LogP contribution in [0.3, 0.4) is 0 Å². The lowest BCUT2D eigenvalue weighted by Crippen LogP contribution is -2.35. The zero-order valence-corrected chi connectivity index (χ0v) is 14.6. The van der Waals surface area contributed by atoms with Crippen LogP contribution < -0.4 is 0 Å². The number of carboxylic acids is 1. The summed E-state index contributed by atoms with van der Waals surface area (Å²) in [5.74, 6) is -1.41. The lowest BCUT2D eigenvalue weighted by atomic mass is 10.1. The van der Waals surface area contributed by atoms with E-state index in [1.165, 1.54) is 11.1 Å². The first kappa shape index (κ1) is 18.0. The van der Waals surface area contributed by atoms with Crippen molar-refractivity contribution >= 4 is 23.5 Å². The molecule has 128 valence electrons. The third-order valence-corrected chi connectivity index (χ3v) is 3.92. The minimum Gasteiger partial charge on any atom is -0.480 e. The minimum atomic E-state index is -1.06. The lowest BCUT2D eigenvalue weighted by molar-refractivity contribution is -0.137. The predicted octanol–water partition coefficient (Wildman–Crippen LogP) is 3.15. The fourth-order valence-electron chi connectivity index (χ4n) is 2.50. The van der Waals surface area contributed by atoms with Gasteiger partial charge in [0.15, 0.2) is 0 Å². The molecule has 0 unspecified atom stereocenters. The van der Waals surface area contributed by atoms with Crippen molar-refractivity contribution in [2.45, 2.75) is 33.4 Å². The maximum atomic E-state index is 12.8. The van der Waals surface area contributed by atoms with Crippen molar-refractivity contribution in [3.05, 3.63) is 52.3 Å². The van der Waals surface area contributed by atoms with Crippen molar-refractivity contribution in [2.75, 3.05) is 6.54 Å². The molecule has 2 aromatic rings. The molecular weight excluding hydrogens is 330 g/mol. The van der Waals surface area contributed by atoms with Gasteiger partial charge in [-0.2, -0.15) is 5.10 Å². The molecule has 6 nitrogen and oxygen atoms in total. The van der Waals surface area contributed by atoms with Crippen LogP contribution in [0.15, 0.2) is 30.5 Å². The molecule has 1 heterocycles. The van der Waals surface area contributed by atoms with E-state index in [1.807, 2.05) is 20.8 Å². The topological polar surface area (TPSA) is 75.4 Å². The number of carbonyl (C=O) groups excluding carboxylic acids is 1. The van der Waals surface area contributed by atoms with Crippen LogP contribution in [0.2, 0.25) is 5.02 Å². The predicted molar refractivity (Wildman–Crippen MR) is 91.2 cm³/mol. The second kappa shape index (κ2) is 7.49. The molecule has 1 N–H and O–H groups in total. The van der Waals surface area contributed by atoms with E-state index in [-0.39, 0.29) is 25.0 Å². The van der Waals surface area contributed by atoms with Crippen molar-refractivity contribution in [3.63, 3.8) is 0 Å². The number of amides is 1. The van der Waals surface area contributed by atoms with Crippen LogP contribution in [0.4, 0.5) is 0 Å². The maximum Gasteiger partial charge on any atom is 0.323 e. The average Bonchev–Trinajstić information content (AvgIpc) is 2.89. The van der Waals surface area contributed by atoms with Gasteiger partial charge in [0.25, 0.3) is 5.91 Å². The summed E-state index contributed by atoms with van der Waals surface area (Å²) in [6.07, 6.45) is 1.49. The Hall–Kier alpha value is -2.34. The number of rotatable bonds is 6. The van der Waals surface area contributed by atoms with Crippen LogP contribution in [-0.4, -0.2) is 38.2 Å². The van der Waals surface area contributed by atoms with Gasteiger partial charge in [-0.1, -0.05) is 23.7 Å². The molecule has 0 aliphatic rings. The molecule has 0 radical (unpaired) electrons. The van der Waals surface area contributed by atoms with Crippen LogP contribution in [-0.2, 0) is 11.3 Å². The van der Waals surface area contributed by atoms with Gasteiger partial charge in [-0.05, 0) is 38.5 Å². The Labute approximate surface area is 145 Å². The molecule has 0 atom stereocenters. The summed E-state index contributed by atoms with van der Waals surface area (Å²) in [5, 5.41) is 13.9. The third kappa shape index (κ3) is 4.14. The maximum absolute atomic E-state index is 12.8. The van der Waals surface area contributed by atoms with E-state index in [4.69, 9.17) is 16.7 Å². The standard InChI is InChI=1S/C17H20ClN3O3/c1-11(2)21-12(3)15(8-19-21)17(24)20(10-16(22)23)9-13-4-6-14(18)7-5-13/h4-8,11H,9-10H2,1-3H3,(H,22,23). The highest BCUT2D eigenvalue weighted by molar-refractivity contribution is 6.30. The largest absolute Gasteiger partial charge is 0.480 e. The molecular formula is C17H20ClN3O3.